The largest absolute Gasteiger partial charge is 0.497 e. The zero-order valence-corrected chi connectivity index (χ0v) is 21.9. The van der Waals surface area contributed by atoms with Gasteiger partial charge >= 0.3 is 0 Å². The predicted molar refractivity (Wildman–Crippen MR) is 141 cm³/mol. The van der Waals surface area contributed by atoms with Gasteiger partial charge in [-0.1, -0.05) is 24.0 Å². The Bertz CT molecular complexity index is 1390. The van der Waals surface area contributed by atoms with Crippen molar-refractivity contribution in [2.45, 2.75) is 35.9 Å². The fraction of sp³-hybridized carbons (Fsp3) is 0.393. The van der Waals surface area contributed by atoms with E-state index < -0.39 is 10.0 Å². The van der Waals surface area contributed by atoms with E-state index in [9.17, 15) is 13.5 Å². The van der Waals surface area contributed by atoms with Crippen LogP contribution in [0.5, 0.6) is 5.75 Å². The van der Waals surface area contributed by atoms with E-state index >= 15 is 0 Å². The maximum absolute atomic E-state index is 13.4. The first-order valence-corrected chi connectivity index (χ1v) is 14.0. The molecule has 2 aliphatic rings. The van der Waals surface area contributed by atoms with E-state index in [-0.39, 0.29) is 29.6 Å². The molecule has 0 unspecified atom stereocenters. The van der Waals surface area contributed by atoms with Crippen LogP contribution in [0.3, 0.4) is 0 Å². The number of aryl methyl sites for hydroxylation is 1. The maximum Gasteiger partial charge on any atom is 0.262 e. The zero-order chi connectivity index (χ0) is 26.0. The molecule has 0 radical (unpaired) electrons. The molecule has 0 amide bonds. The van der Waals surface area contributed by atoms with E-state index in [4.69, 9.17) is 4.74 Å². The molecule has 37 heavy (non-hydrogen) atoms. The normalized spacial score (nSPS) is 22.6. The summed E-state index contributed by atoms with van der Waals surface area (Å²) in [4.78, 5) is 6.37. The van der Waals surface area contributed by atoms with E-state index in [1.54, 1.807) is 29.2 Å². The van der Waals surface area contributed by atoms with Crippen molar-refractivity contribution in [1.29, 1.82) is 0 Å². The first kappa shape index (κ1) is 25.5. The van der Waals surface area contributed by atoms with Gasteiger partial charge in [-0.05, 0) is 61.3 Å². The summed E-state index contributed by atoms with van der Waals surface area (Å²) < 4.78 is 35.1. The molecule has 9 heteroatoms. The summed E-state index contributed by atoms with van der Waals surface area (Å²) in [6.07, 6.45) is 4.72. The Morgan fingerprint density at radius 1 is 1.03 bits per heavy atom. The van der Waals surface area contributed by atoms with Crippen molar-refractivity contribution in [3.05, 3.63) is 77.7 Å². The summed E-state index contributed by atoms with van der Waals surface area (Å²) >= 11 is 0. The van der Waals surface area contributed by atoms with Crippen molar-refractivity contribution >= 4 is 10.0 Å². The molecule has 2 aromatic carbocycles. The number of imidazole rings is 1. The number of fused-ring (bicyclic) bond motifs is 1. The van der Waals surface area contributed by atoms with Crippen LogP contribution in [0, 0.1) is 11.8 Å². The Kier molecular flexibility index (Phi) is 7.36. The number of aromatic nitrogens is 2. The van der Waals surface area contributed by atoms with Gasteiger partial charge in [0.25, 0.3) is 10.0 Å². The van der Waals surface area contributed by atoms with Gasteiger partial charge in [-0.2, -0.15) is 4.31 Å². The monoisotopic (exact) mass is 520 g/mol. The Labute approximate surface area is 218 Å². The molecule has 1 N–H and O–H groups in total. The fourth-order valence-corrected chi connectivity index (χ4v) is 6.85. The number of aliphatic hydroxyl groups is 1. The topological polar surface area (TPSA) is 87.9 Å². The number of methoxy groups -OCH3 is 1. The number of hydrogen-bond donors (Lipinski definition) is 1. The molecule has 5 rings (SSSR count). The number of ether oxygens (including phenoxy) is 1. The Hall–Kier alpha value is -3.16. The molecule has 3 atom stereocenters. The third-order valence-electron chi connectivity index (χ3n) is 7.35. The first-order chi connectivity index (χ1) is 17.9. The minimum atomic E-state index is -3.69. The average molecular weight is 521 g/mol. The second-order valence-electron chi connectivity index (χ2n) is 9.63. The Balaban J connectivity index is 1.36. The van der Waals surface area contributed by atoms with E-state index in [0.29, 0.717) is 13.1 Å². The van der Waals surface area contributed by atoms with Crippen molar-refractivity contribution in [2.75, 3.05) is 33.4 Å². The van der Waals surface area contributed by atoms with Crippen molar-refractivity contribution in [2.24, 2.45) is 7.05 Å². The van der Waals surface area contributed by atoms with Gasteiger partial charge in [-0.15, -0.1) is 0 Å². The molecule has 3 aromatic rings. The third-order valence-corrected chi connectivity index (χ3v) is 9.11. The molecule has 1 aromatic heterocycles. The van der Waals surface area contributed by atoms with Crippen molar-refractivity contribution in [3.8, 4) is 17.6 Å². The molecule has 194 valence electrons. The fourth-order valence-electron chi connectivity index (χ4n) is 5.39. The molecule has 0 bridgehead atoms. The summed E-state index contributed by atoms with van der Waals surface area (Å²) in [7, 11) is -0.291. The van der Waals surface area contributed by atoms with Crippen LogP contribution >= 0.6 is 0 Å². The quantitative estimate of drug-likeness (QED) is 0.520. The molecule has 2 aliphatic heterocycles. The van der Waals surface area contributed by atoms with E-state index in [1.807, 2.05) is 36.4 Å². The summed E-state index contributed by atoms with van der Waals surface area (Å²) in [5, 5.41) is 10.3. The van der Waals surface area contributed by atoms with Crippen LogP contribution in [0.25, 0.3) is 0 Å². The standard InChI is InChI=1S/C28H32N4O4S/c1-30-18-27(29-20-30)37(34,35)31-15-3-4-16-32-25(17-31)28(26(32)19-33)23-11-7-21(8-12-23)5-6-22-9-13-24(36-2)14-10-22/h7-14,18,20,25-26,28,33H,3-4,15-17,19H2,1-2H3/t25-,26+,28-/m0/s1. The average Bonchev–Trinajstić information content (AvgIpc) is 3.34. The Morgan fingerprint density at radius 3 is 2.27 bits per heavy atom. The first-order valence-electron chi connectivity index (χ1n) is 12.5. The van der Waals surface area contributed by atoms with Gasteiger partial charge in [0.2, 0.25) is 0 Å². The van der Waals surface area contributed by atoms with Gasteiger partial charge in [0, 0.05) is 55.5 Å². The lowest BCUT2D eigenvalue weighted by atomic mass is 9.74. The van der Waals surface area contributed by atoms with Crippen LogP contribution in [0.4, 0.5) is 0 Å². The highest BCUT2D eigenvalue weighted by molar-refractivity contribution is 7.89. The second kappa shape index (κ2) is 10.7. The van der Waals surface area contributed by atoms with Crippen molar-refractivity contribution < 1.29 is 18.3 Å². The molecule has 0 saturated carbocycles. The SMILES string of the molecule is COc1ccc(C#Cc2ccc([C@@H]3[C@@H](CO)N4CCCCN(S(=O)(=O)c5cn(C)cn5)C[C@@H]34)cc2)cc1. The number of sulfonamides is 1. The highest BCUT2D eigenvalue weighted by atomic mass is 32.2. The Morgan fingerprint density at radius 2 is 1.68 bits per heavy atom. The predicted octanol–water partition coefficient (Wildman–Crippen LogP) is 2.44. The molecular weight excluding hydrogens is 488 g/mol. The van der Waals surface area contributed by atoms with Crippen molar-refractivity contribution in [1.82, 2.24) is 18.8 Å². The minimum Gasteiger partial charge on any atom is -0.497 e. The van der Waals surface area contributed by atoms with Gasteiger partial charge in [0.05, 0.1) is 20.0 Å². The van der Waals surface area contributed by atoms with Crippen molar-refractivity contribution in [3.63, 3.8) is 0 Å². The van der Waals surface area contributed by atoms with E-state index in [0.717, 1.165) is 41.8 Å². The van der Waals surface area contributed by atoms with E-state index in [1.165, 1.54) is 6.33 Å². The van der Waals surface area contributed by atoms with E-state index in [2.05, 4.69) is 33.9 Å². The lowest BCUT2D eigenvalue weighted by Crippen LogP contribution is -2.67. The maximum atomic E-state index is 13.4. The van der Waals surface area contributed by atoms with Crippen LogP contribution in [-0.2, 0) is 17.1 Å². The van der Waals surface area contributed by atoms with Crippen LogP contribution in [0.1, 0.15) is 35.4 Å². The summed E-state index contributed by atoms with van der Waals surface area (Å²) in [6, 6.07) is 15.7. The molecule has 2 saturated heterocycles. The van der Waals surface area contributed by atoms with Gasteiger partial charge < -0.3 is 14.4 Å². The molecule has 0 aliphatic carbocycles. The molecule has 0 spiro atoms. The van der Waals surface area contributed by atoms with Gasteiger partial charge in [-0.3, -0.25) is 4.90 Å². The lowest BCUT2D eigenvalue weighted by molar-refractivity contribution is -0.0554. The minimum absolute atomic E-state index is 0.00725. The van der Waals surface area contributed by atoms with Gasteiger partial charge in [0.15, 0.2) is 5.03 Å². The van der Waals surface area contributed by atoms with Gasteiger partial charge in [0.1, 0.15) is 5.75 Å². The molecule has 2 fully saturated rings. The van der Waals surface area contributed by atoms with Crippen LogP contribution in [-0.4, -0.2) is 77.7 Å². The molecule has 3 heterocycles. The zero-order valence-electron chi connectivity index (χ0n) is 21.1. The lowest BCUT2D eigenvalue weighted by Gasteiger charge is -2.57. The van der Waals surface area contributed by atoms with Crippen LogP contribution in [0.2, 0.25) is 0 Å². The smallest absolute Gasteiger partial charge is 0.262 e. The number of benzene rings is 2. The van der Waals surface area contributed by atoms with Crippen LogP contribution in [0.15, 0.2) is 66.1 Å². The summed E-state index contributed by atoms with van der Waals surface area (Å²) in [5.41, 5.74) is 2.89. The highest BCUT2D eigenvalue weighted by Gasteiger charge is 2.50. The second-order valence-corrected chi connectivity index (χ2v) is 11.5. The highest BCUT2D eigenvalue weighted by Crippen LogP contribution is 2.42. The molecular formula is C28H32N4O4S. The number of rotatable bonds is 5. The van der Waals surface area contributed by atoms with Crippen LogP contribution < -0.4 is 4.74 Å². The summed E-state index contributed by atoms with van der Waals surface area (Å²) in [5.74, 6) is 7.20. The number of nitrogens with zero attached hydrogens (tertiary/aromatic N) is 4. The number of hydrogen-bond acceptors (Lipinski definition) is 6. The third kappa shape index (κ3) is 5.15. The summed E-state index contributed by atoms with van der Waals surface area (Å²) in [6.45, 7) is 1.74. The number of aliphatic hydroxyl groups excluding tert-OH is 1. The van der Waals surface area contributed by atoms with Gasteiger partial charge in [-0.25, -0.2) is 13.4 Å². The molecule has 8 nitrogen and oxygen atoms in total.